The summed E-state index contributed by atoms with van der Waals surface area (Å²) in [5.74, 6) is 0.222. The van der Waals surface area contributed by atoms with E-state index in [1.807, 2.05) is 0 Å². The van der Waals surface area contributed by atoms with Gasteiger partial charge in [-0.15, -0.1) is 0 Å². The molecule has 2 aromatic rings. The van der Waals surface area contributed by atoms with Crippen molar-refractivity contribution >= 4 is 32.8 Å². The smallest absolute Gasteiger partial charge is 0.265 e. The van der Waals surface area contributed by atoms with E-state index in [1.165, 1.54) is 20.1 Å². The summed E-state index contributed by atoms with van der Waals surface area (Å²) in [6, 6.07) is 11.6. The van der Waals surface area contributed by atoms with Gasteiger partial charge in [0.2, 0.25) is 0 Å². The number of hydrogen-bond acceptors (Lipinski definition) is 5. The number of fused-ring (bicyclic) bond motifs is 1. The SMILES string of the molecule is COc1ccccc1S(=O)(=O)Nc1ccc2c(c1)C(=CC(C)=O)CN2. The van der Waals surface area contributed by atoms with Gasteiger partial charge in [-0.1, -0.05) is 12.1 Å². The highest BCUT2D eigenvalue weighted by molar-refractivity contribution is 7.92. The summed E-state index contributed by atoms with van der Waals surface area (Å²) in [5.41, 5.74) is 2.94. The second kappa shape index (κ2) is 6.60. The van der Waals surface area contributed by atoms with Crippen LogP contribution in [0.4, 0.5) is 11.4 Å². The molecule has 2 aromatic carbocycles. The topological polar surface area (TPSA) is 84.5 Å². The Hall–Kier alpha value is -2.80. The molecule has 0 saturated heterocycles. The molecule has 7 heteroatoms. The predicted molar refractivity (Wildman–Crippen MR) is 97.4 cm³/mol. The van der Waals surface area contributed by atoms with Crippen LogP contribution >= 0.6 is 0 Å². The number of carbonyl (C=O) groups excluding carboxylic acids is 1. The van der Waals surface area contributed by atoms with Crippen LogP contribution in [0.3, 0.4) is 0 Å². The molecule has 0 fully saturated rings. The average Bonchev–Trinajstić information content (AvgIpc) is 2.96. The van der Waals surface area contributed by atoms with Gasteiger partial charge in [0, 0.05) is 23.5 Å². The number of hydrogen-bond donors (Lipinski definition) is 2. The molecule has 0 amide bonds. The Bertz CT molecular complexity index is 965. The van der Waals surface area contributed by atoms with Crippen molar-refractivity contribution in [1.82, 2.24) is 0 Å². The predicted octanol–water partition coefficient (Wildman–Crippen LogP) is 2.89. The lowest BCUT2D eigenvalue weighted by Crippen LogP contribution is -2.14. The molecule has 1 heterocycles. The van der Waals surface area contributed by atoms with Crippen LogP contribution in [0.5, 0.6) is 5.75 Å². The van der Waals surface area contributed by atoms with Crippen LogP contribution in [0.25, 0.3) is 5.57 Å². The first kappa shape index (κ1) is 17.0. The number of anilines is 2. The standard InChI is InChI=1S/C18H18N2O4S/c1-12(21)9-13-11-19-16-8-7-14(10-15(13)16)20-25(22,23)18-6-4-3-5-17(18)24-2/h3-10,19-20H,11H2,1-2H3. The number of methoxy groups -OCH3 is 1. The van der Waals surface area contributed by atoms with Gasteiger partial charge < -0.3 is 10.1 Å². The van der Waals surface area contributed by atoms with Crippen molar-refractivity contribution in [2.45, 2.75) is 11.8 Å². The fourth-order valence-corrected chi connectivity index (χ4v) is 3.96. The molecule has 6 nitrogen and oxygen atoms in total. The van der Waals surface area contributed by atoms with Gasteiger partial charge in [0.25, 0.3) is 10.0 Å². The van der Waals surface area contributed by atoms with E-state index in [4.69, 9.17) is 4.74 Å². The first-order valence-electron chi connectivity index (χ1n) is 7.66. The number of rotatable bonds is 5. The van der Waals surface area contributed by atoms with Gasteiger partial charge in [0.1, 0.15) is 10.6 Å². The van der Waals surface area contributed by atoms with E-state index in [0.717, 1.165) is 16.8 Å². The zero-order valence-electron chi connectivity index (χ0n) is 13.9. The maximum absolute atomic E-state index is 12.7. The zero-order valence-corrected chi connectivity index (χ0v) is 14.7. The minimum atomic E-state index is -3.80. The summed E-state index contributed by atoms with van der Waals surface area (Å²) in [6.45, 7) is 2.02. The van der Waals surface area contributed by atoms with Gasteiger partial charge in [-0.25, -0.2) is 8.42 Å². The molecular formula is C18H18N2O4S. The minimum absolute atomic E-state index is 0.0512. The molecule has 0 spiro atoms. The van der Waals surface area contributed by atoms with Gasteiger partial charge in [-0.3, -0.25) is 9.52 Å². The van der Waals surface area contributed by atoms with E-state index < -0.39 is 10.0 Å². The van der Waals surface area contributed by atoms with Crippen molar-refractivity contribution < 1.29 is 17.9 Å². The van der Waals surface area contributed by atoms with Gasteiger partial charge in [0.15, 0.2) is 5.78 Å². The van der Waals surface area contributed by atoms with Gasteiger partial charge in [-0.05, 0) is 48.9 Å². The highest BCUT2D eigenvalue weighted by atomic mass is 32.2. The molecular weight excluding hydrogens is 340 g/mol. The summed E-state index contributed by atoms with van der Waals surface area (Å²) in [5, 5.41) is 3.18. The number of ether oxygens (including phenoxy) is 1. The molecule has 0 unspecified atom stereocenters. The average molecular weight is 358 g/mol. The molecule has 0 atom stereocenters. The molecule has 1 aliphatic rings. The van der Waals surface area contributed by atoms with Crippen LogP contribution in [0.2, 0.25) is 0 Å². The molecule has 130 valence electrons. The van der Waals surface area contributed by atoms with Gasteiger partial charge in [-0.2, -0.15) is 0 Å². The van der Waals surface area contributed by atoms with E-state index in [-0.39, 0.29) is 16.4 Å². The van der Waals surface area contributed by atoms with Crippen LogP contribution in [0.15, 0.2) is 53.4 Å². The molecule has 0 aliphatic carbocycles. The van der Waals surface area contributed by atoms with Crippen molar-refractivity contribution in [1.29, 1.82) is 0 Å². The molecule has 0 aromatic heterocycles. The van der Waals surface area contributed by atoms with Crippen molar-refractivity contribution in [3.8, 4) is 5.75 Å². The van der Waals surface area contributed by atoms with E-state index in [0.29, 0.717) is 12.2 Å². The normalized spacial score (nSPS) is 14.7. The Kier molecular flexibility index (Phi) is 4.50. The number of sulfonamides is 1. The number of benzene rings is 2. The Morgan fingerprint density at radius 2 is 2.00 bits per heavy atom. The summed E-state index contributed by atoms with van der Waals surface area (Å²) >= 11 is 0. The van der Waals surface area contributed by atoms with Crippen molar-refractivity contribution in [3.05, 3.63) is 54.1 Å². The molecule has 0 bridgehead atoms. The number of ketones is 1. The van der Waals surface area contributed by atoms with E-state index in [2.05, 4.69) is 10.0 Å². The third kappa shape index (κ3) is 3.51. The van der Waals surface area contributed by atoms with Gasteiger partial charge in [0.05, 0.1) is 7.11 Å². The molecule has 2 N–H and O–H groups in total. The maximum Gasteiger partial charge on any atom is 0.265 e. The Labute approximate surface area is 146 Å². The van der Waals surface area contributed by atoms with Crippen molar-refractivity contribution in [2.24, 2.45) is 0 Å². The highest BCUT2D eigenvalue weighted by Gasteiger charge is 2.21. The lowest BCUT2D eigenvalue weighted by Gasteiger charge is -2.12. The summed E-state index contributed by atoms with van der Waals surface area (Å²) < 4.78 is 33.0. The van der Waals surface area contributed by atoms with Crippen molar-refractivity contribution in [3.63, 3.8) is 0 Å². The molecule has 25 heavy (non-hydrogen) atoms. The third-order valence-corrected chi connectivity index (χ3v) is 5.24. The lowest BCUT2D eigenvalue weighted by molar-refractivity contribution is -0.112. The number of nitrogens with one attached hydrogen (secondary N) is 2. The van der Waals surface area contributed by atoms with Crippen LogP contribution in [-0.2, 0) is 14.8 Å². The second-order valence-electron chi connectivity index (χ2n) is 5.65. The Balaban J connectivity index is 1.95. The molecule has 0 radical (unpaired) electrons. The Morgan fingerprint density at radius 1 is 1.24 bits per heavy atom. The monoisotopic (exact) mass is 358 g/mol. The molecule has 0 saturated carbocycles. The quantitative estimate of drug-likeness (QED) is 0.803. The van der Waals surface area contributed by atoms with Gasteiger partial charge >= 0.3 is 0 Å². The van der Waals surface area contributed by atoms with E-state index in [9.17, 15) is 13.2 Å². The molecule has 1 aliphatic heterocycles. The minimum Gasteiger partial charge on any atom is -0.495 e. The fourth-order valence-electron chi connectivity index (χ4n) is 2.74. The number of para-hydroxylation sites is 1. The zero-order chi connectivity index (χ0) is 18.0. The first-order valence-corrected chi connectivity index (χ1v) is 9.14. The number of carbonyl (C=O) groups is 1. The summed E-state index contributed by atoms with van der Waals surface area (Å²) in [6.07, 6.45) is 1.55. The second-order valence-corrected chi connectivity index (χ2v) is 7.30. The van der Waals surface area contributed by atoms with Crippen molar-refractivity contribution in [2.75, 3.05) is 23.7 Å². The Morgan fingerprint density at radius 3 is 2.72 bits per heavy atom. The highest BCUT2D eigenvalue weighted by Crippen LogP contribution is 2.34. The van der Waals surface area contributed by atoms with Crippen LogP contribution in [0, 0.1) is 0 Å². The van der Waals surface area contributed by atoms with Crippen LogP contribution < -0.4 is 14.8 Å². The fraction of sp³-hybridized carbons (Fsp3) is 0.167. The molecule has 3 rings (SSSR count). The summed E-state index contributed by atoms with van der Waals surface area (Å²) in [7, 11) is -2.37. The van der Waals surface area contributed by atoms with E-state index >= 15 is 0 Å². The van der Waals surface area contributed by atoms with Crippen LogP contribution in [0.1, 0.15) is 12.5 Å². The van der Waals surface area contributed by atoms with Crippen LogP contribution in [-0.4, -0.2) is 27.9 Å². The number of allylic oxidation sites excluding steroid dienone is 1. The first-order chi connectivity index (χ1) is 11.9. The third-order valence-electron chi connectivity index (χ3n) is 3.82. The lowest BCUT2D eigenvalue weighted by atomic mass is 10.1. The summed E-state index contributed by atoms with van der Waals surface area (Å²) in [4.78, 5) is 11.4. The van der Waals surface area contributed by atoms with E-state index in [1.54, 1.807) is 42.5 Å². The largest absolute Gasteiger partial charge is 0.495 e. The maximum atomic E-state index is 12.7.